The van der Waals surface area contributed by atoms with Crippen molar-refractivity contribution in [3.63, 3.8) is 0 Å². The summed E-state index contributed by atoms with van der Waals surface area (Å²) in [6.07, 6.45) is 2.37. The van der Waals surface area contributed by atoms with Crippen LogP contribution in [0.2, 0.25) is 0 Å². The molecule has 1 amide bonds. The van der Waals surface area contributed by atoms with Gasteiger partial charge in [-0.05, 0) is 44.7 Å². The molecule has 1 aromatic carbocycles. The van der Waals surface area contributed by atoms with E-state index in [1.165, 1.54) is 0 Å². The Hall–Kier alpha value is -2.65. The Morgan fingerprint density at radius 2 is 1.86 bits per heavy atom. The fourth-order valence-corrected chi connectivity index (χ4v) is 4.51. The molecule has 2 aliphatic heterocycles. The minimum absolute atomic E-state index is 0.0127. The molecule has 0 unspecified atom stereocenters. The van der Waals surface area contributed by atoms with Crippen LogP contribution in [0.25, 0.3) is 0 Å². The zero-order chi connectivity index (χ0) is 20.4. The van der Waals surface area contributed by atoms with Gasteiger partial charge in [-0.3, -0.25) is 14.4 Å². The molecule has 1 saturated heterocycles. The highest BCUT2D eigenvalue weighted by molar-refractivity contribution is 5.92. The summed E-state index contributed by atoms with van der Waals surface area (Å²) in [7, 11) is 0. The molecular formula is C23H29N5O. The second-order valence-electron chi connectivity index (χ2n) is 8.51. The van der Waals surface area contributed by atoms with Crippen molar-refractivity contribution in [1.29, 1.82) is 5.26 Å². The maximum Gasteiger partial charge on any atom is 0.274 e. The van der Waals surface area contributed by atoms with Gasteiger partial charge in [-0.15, -0.1) is 0 Å². The molecule has 6 nitrogen and oxygen atoms in total. The summed E-state index contributed by atoms with van der Waals surface area (Å²) < 4.78 is 2.00. The Morgan fingerprint density at radius 3 is 2.52 bits per heavy atom. The number of carbonyl (C=O) groups excluding carboxylic acids is 1. The molecule has 1 fully saturated rings. The molecule has 0 bridgehead atoms. The fraction of sp³-hybridized carbons (Fsp3) is 0.522. The first-order valence-corrected chi connectivity index (χ1v) is 10.6. The second-order valence-corrected chi connectivity index (χ2v) is 8.51. The molecule has 3 heterocycles. The zero-order valence-corrected chi connectivity index (χ0v) is 17.3. The third-order valence-corrected chi connectivity index (χ3v) is 6.44. The van der Waals surface area contributed by atoms with Crippen molar-refractivity contribution in [2.24, 2.45) is 0 Å². The van der Waals surface area contributed by atoms with Gasteiger partial charge in [-0.2, -0.15) is 10.4 Å². The van der Waals surface area contributed by atoms with Crippen LogP contribution >= 0.6 is 0 Å². The Labute approximate surface area is 172 Å². The van der Waals surface area contributed by atoms with E-state index in [4.69, 9.17) is 0 Å². The number of carbonyl (C=O) groups is 1. The molecule has 0 atom stereocenters. The lowest BCUT2D eigenvalue weighted by atomic mass is 9.74. The number of amides is 1. The van der Waals surface area contributed by atoms with Crippen molar-refractivity contribution in [3.05, 3.63) is 53.3 Å². The van der Waals surface area contributed by atoms with Crippen LogP contribution in [0.4, 0.5) is 0 Å². The SMILES string of the molecule is CC(C)N1CCCn2nc(C(=O)N3CCC(C#N)(c4ccccc4)CC3)cc2C1. The molecular weight excluding hydrogens is 362 g/mol. The van der Waals surface area contributed by atoms with Crippen molar-refractivity contribution in [2.75, 3.05) is 19.6 Å². The minimum atomic E-state index is -0.499. The van der Waals surface area contributed by atoms with Crippen LogP contribution in [0.3, 0.4) is 0 Å². The number of aryl methyl sites for hydroxylation is 1. The van der Waals surface area contributed by atoms with Crippen LogP contribution in [0, 0.1) is 11.3 Å². The van der Waals surface area contributed by atoms with Gasteiger partial charge in [0.05, 0.1) is 17.2 Å². The normalized spacial score (nSPS) is 19.4. The average molecular weight is 392 g/mol. The van der Waals surface area contributed by atoms with E-state index in [0.29, 0.717) is 37.7 Å². The summed E-state index contributed by atoms with van der Waals surface area (Å²) in [4.78, 5) is 17.4. The number of likely N-dealkylation sites (tertiary alicyclic amines) is 1. The van der Waals surface area contributed by atoms with Crippen LogP contribution < -0.4 is 0 Å². The van der Waals surface area contributed by atoms with E-state index in [1.54, 1.807) is 0 Å². The maximum atomic E-state index is 13.1. The topological polar surface area (TPSA) is 65.2 Å². The average Bonchev–Trinajstić information content (AvgIpc) is 3.05. The molecule has 0 aliphatic carbocycles. The van der Waals surface area contributed by atoms with Crippen LogP contribution in [0.5, 0.6) is 0 Å². The quantitative estimate of drug-likeness (QED) is 0.806. The Morgan fingerprint density at radius 1 is 1.14 bits per heavy atom. The Balaban J connectivity index is 1.47. The summed E-state index contributed by atoms with van der Waals surface area (Å²) in [6, 6.07) is 14.9. The van der Waals surface area contributed by atoms with Gasteiger partial charge in [0, 0.05) is 38.8 Å². The zero-order valence-electron chi connectivity index (χ0n) is 17.3. The summed E-state index contributed by atoms with van der Waals surface area (Å²) in [5.74, 6) is -0.0127. The summed E-state index contributed by atoms with van der Waals surface area (Å²) in [6.45, 7) is 8.34. The number of rotatable bonds is 3. The monoisotopic (exact) mass is 391 g/mol. The van der Waals surface area contributed by atoms with E-state index in [-0.39, 0.29) is 5.91 Å². The number of piperidine rings is 1. The van der Waals surface area contributed by atoms with Crippen molar-refractivity contribution in [2.45, 2.75) is 57.7 Å². The van der Waals surface area contributed by atoms with E-state index in [1.807, 2.05) is 46.0 Å². The Kier molecular flexibility index (Phi) is 5.42. The van der Waals surface area contributed by atoms with Crippen LogP contribution in [-0.4, -0.2) is 51.2 Å². The largest absolute Gasteiger partial charge is 0.337 e. The molecule has 2 aromatic rings. The van der Waals surface area contributed by atoms with Crippen LogP contribution in [0.1, 0.15) is 54.9 Å². The van der Waals surface area contributed by atoms with Crippen LogP contribution in [-0.2, 0) is 18.5 Å². The smallest absolute Gasteiger partial charge is 0.274 e. The third-order valence-electron chi connectivity index (χ3n) is 6.44. The summed E-state index contributed by atoms with van der Waals surface area (Å²) in [5, 5.41) is 14.5. The first-order valence-electron chi connectivity index (χ1n) is 10.6. The number of fused-ring (bicyclic) bond motifs is 1. The number of nitrogens with zero attached hydrogens (tertiary/aromatic N) is 5. The lowest BCUT2D eigenvalue weighted by Crippen LogP contribution is -2.44. The van der Waals surface area contributed by atoms with Crippen molar-refractivity contribution >= 4 is 5.91 Å². The predicted octanol–water partition coefficient (Wildman–Crippen LogP) is 3.19. The fourth-order valence-electron chi connectivity index (χ4n) is 4.51. The number of hydrogen-bond donors (Lipinski definition) is 0. The molecule has 1 aromatic heterocycles. The lowest BCUT2D eigenvalue weighted by molar-refractivity contribution is 0.0685. The standard InChI is InChI=1S/C23H29N5O/c1-18(2)27-11-6-12-28-20(16-27)15-21(25-28)22(29)26-13-9-23(17-24,10-14-26)19-7-4-3-5-8-19/h3-5,7-8,15,18H,6,9-14,16H2,1-2H3. The van der Waals surface area contributed by atoms with Gasteiger partial charge in [0.15, 0.2) is 5.69 Å². The van der Waals surface area contributed by atoms with E-state index in [2.05, 4.69) is 29.9 Å². The van der Waals surface area contributed by atoms with Crippen molar-refractivity contribution in [1.82, 2.24) is 19.6 Å². The van der Waals surface area contributed by atoms with E-state index < -0.39 is 5.41 Å². The van der Waals surface area contributed by atoms with E-state index in [0.717, 1.165) is 37.3 Å². The third kappa shape index (κ3) is 3.79. The highest BCUT2D eigenvalue weighted by Gasteiger charge is 2.38. The van der Waals surface area contributed by atoms with E-state index in [9.17, 15) is 10.1 Å². The lowest BCUT2D eigenvalue weighted by Gasteiger charge is -2.37. The highest BCUT2D eigenvalue weighted by Crippen LogP contribution is 2.35. The van der Waals surface area contributed by atoms with Gasteiger partial charge < -0.3 is 4.90 Å². The summed E-state index contributed by atoms with van der Waals surface area (Å²) in [5.41, 5.74) is 2.21. The molecule has 0 spiro atoms. The van der Waals surface area contributed by atoms with Gasteiger partial charge in [-0.25, -0.2) is 0 Å². The molecule has 6 heteroatoms. The van der Waals surface area contributed by atoms with Crippen molar-refractivity contribution < 1.29 is 4.79 Å². The molecule has 0 radical (unpaired) electrons. The first-order chi connectivity index (χ1) is 14.0. The second kappa shape index (κ2) is 8.00. The van der Waals surface area contributed by atoms with Gasteiger partial charge in [0.25, 0.3) is 5.91 Å². The van der Waals surface area contributed by atoms with Gasteiger partial charge >= 0.3 is 0 Å². The summed E-state index contributed by atoms with van der Waals surface area (Å²) >= 11 is 0. The predicted molar refractivity (Wildman–Crippen MR) is 111 cm³/mol. The number of hydrogen-bond acceptors (Lipinski definition) is 4. The molecule has 4 rings (SSSR count). The molecule has 2 aliphatic rings. The molecule has 0 N–H and O–H groups in total. The van der Waals surface area contributed by atoms with Crippen LogP contribution in [0.15, 0.2) is 36.4 Å². The number of benzene rings is 1. The highest BCUT2D eigenvalue weighted by atomic mass is 16.2. The van der Waals surface area contributed by atoms with Gasteiger partial charge in [0.1, 0.15) is 0 Å². The molecule has 0 saturated carbocycles. The van der Waals surface area contributed by atoms with Gasteiger partial charge in [-0.1, -0.05) is 30.3 Å². The minimum Gasteiger partial charge on any atom is -0.337 e. The maximum absolute atomic E-state index is 13.1. The number of nitriles is 1. The Bertz CT molecular complexity index is 903. The van der Waals surface area contributed by atoms with Crippen molar-refractivity contribution in [3.8, 4) is 6.07 Å². The first kappa shape index (κ1) is 19.7. The molecule has 29 heavy (non-hydrogen) atoms. The number of aromatic nitrogens is 2. The van der Waals surface area contributed by atoms with E-state index >= 15 is 0 Å². The molecule has 152 valence electrons. The van der Waals surface area contributed by atoms with Gasteiger partial charge in [0.2, 0.25) is 0 Å².